The molecule has 0 saturated heterocycles. The van der Waals surface area contributed by atoms with Gasteiger partial charge in [0.1, 0.15) is 5.75 Å². The minimum Gasteiger partial charge on any atom is -0.507 e. The van der Waals surface area contributed by atoms with Gasteiger partial charge in [0.25, 0.3) is 0 Å². The molecule has 4 heteroatoms. The van der Waals surface area contributed by atoms with Crippen molar-refractivity contribution in [3.8, 4) is 5.75 Å². The molecule has 19 heavy (non-hydrogen) atoms. The summed E-state index contributed by atoms with van der Waals surface area (Å²) >= 11 is 0. The molecule has 0 unspecified atom stereocenters. The van der Waals surface area contributed by atoms with Crippen molar-refractivity contribution in [2.45, 2.75) is 13.8 Å². The van der Waals surface area contributed by atoms with Crippen LogP contribution in [0.2, 0.25) is 0 Å². The summed E-state index contributed by atoms with van der Waals surface area (Å²) < 4.78 is 0. The Morgan fingerprint density at radius 3 is 2.63 bits per heavy atom. The maximum Gasteiger partial charge on any atom is 0.153 e. The van der Waals surface area contributed by atoms with Crippen LogP contribution in [0.3, 0.4) is 0 Å². The minimum atomic E-state index is -0.0549. The fourth-order valence-corrected chi connectivity index (χ4v) is 1.65. The molecule has 2 rings (SSSR count). The van der Waals surface area contributed by atoms with Gasteiger partial charge < -0.3 is 5.11 Å². The summed E-state index contributed by atoms with van der Waals surface area (Å²) in [5.74, 6) is -0.0549. The first-order valence-corrected chi connectivity index (χ1v) is 5.88. The fraction of sp³-hybridized carbons (Fsp3) is 0.133. The number of carbonyl (C=O) groups excluding carboxylic acids is 1. The lowest BCUT2D eigenvalue weighted by Crippen LogP contribution is -1.80. The highest BCUT2D eigenvalue weighted by Crippen LogP contribution is 2.26. The number of benzene rings is 2. The second-order valence-electron chi connectivity index (χ2n) is 4.28. The highest BCUT2D eigenvalue weighted by molar-refractivity contribution is 5.80. The Morgan fingerprint density at radius 1 is 1.11 bits per heavy atom. The van der Waals surface area contributed by atoms with Crippen molar-refractivity contribution in [1.29, 1.82) is 0 Å². The molecular formula is C15H14N2O2. The normalized spacial score (nSPS) is 10.8. The standard InChI is InChI=1S/C15H14N2O2/c1-10-4-3-5-14(11(10)2)17-16-13-6-7-15(19)12(8-13)9-18/h3-9,19H,1-2H3. The van der Waals surface area contributed by atoms with Crippen LogP contribution < -0.4 is 0 Å². The number of carbonyl (C=O) groups is 1. The van der Waals surface area contributed by atoms with Crippen LogP contribution in [0.5, 0.6) is 5.75 Å². The molecule has 0 heterocycles. The van der Waals surface area contributed by atoms with Gasteiger partial charge >= 0.3 is 0 Å². The van der Waals surface area contributed by atoms with Crippen LogP contribution in [-0.4, -0.2) is 11.4 Å². The van der Waals surface area contributed by atoms with E-state index < -0.39 is 0 Å². The average molecular weight is 254 g/mol. The molecule has 0 aromatic heterocycles. The lowest BCUT2D eigenvalue weighted by atomic mass is 10.1. The van der Waals surface area contributed by atoms with Crippen molar-refractivity contribution >= 4 is 17.7 Å². The van der Waals surface area contributed by atoms with Crippen LogP contribution >= 0.6 is 0 Å². The minimum absolute atomic E-state index is 0.0549. The average Bonchev–Trinajstić information content (AvgIpc) is 2.42. The fourth-order valence-electron chi connectivity index (χ4n) is 1.65. The molecule has 0 aliphatic carbocycles. The molecule has 0 aliphatic rings. The Hall–Kier alpha value is -2.49. The number of phenolic OH excluding ortho intramolecular Hbond substituents is 1. The lowest BCUT2D eigenvalue weighted by Gasteiger charge is -2.02. The van der Waals surface area contributed by atoms with E-state index in [4.69, 9.17) is 0 Å². The predicted molar refractivity (Wildman–Crippen MR) is 73.6 cm³/mol. The van der Waals surface area contributed by atoms with Gasteiger partial charge in [0.05, 0.1) is 16.9 Å². The van der Waals surface area contributed by atoms with E-state index in [1.807, 2.05) is 32.0 Å². The summed E-state index contributed by atoms with van der Waals surface area (Å²) in [5.41, 5.74) is 3.75. The number of azo groups is 1. The van der Waals surface area contributed by atoms with Crippen LogP contribution in [0, 0.1) is 13.8 Å². The number of phenols is 1. The molecule has 0 bridgehead atoms. The SMILES string of the molecule is Cc1cccc(N=Nc2ccc(O)c(C=O)c2)c1C. The van der Waals surface area contributed by atoms with Gasteiger partial charge in [0.2, 0.25) is 0 Å². The molecule has 0 atom stereocenters. The third-order valence-electron chi connectivity index (χ3n) is 2.99. The van der Waals surface area contributed by atoms with Crippen molar-refractivity contribution in [2.75, 3.05) is 0 Å². The summed E-state index contributed by atoms with van der Waals surface area (Å²) in [6, 6.07) is 10.4. The van der Waals surface area contributed by atoms with E-state index in [-0.39, 0.29) is 11.3 Å². The zero-order valence-corrected chi connectivity index (χ0v) is 10.8. The summed E-state index contributed by atoms with van der Waals surface area (Å²) in [4.78, 5) is 10.7. The van der Waals surface area contributed by atoms with Gasteiger partial charge in [0.15, 0.2) is 6.29 Å². The van der Waals surface area contributed by atoms with Crippen molar-refractivity contribution in [3.05, 3.63) is 53.1 Å². The van der Waals surface area contributed by atoms with Crippen LogP contribution in [0.25, 0.3) is 0 Å². The van der Waals surface area contributed by atoms with E-state index in [0.29, 0.717) is 12.0 Å². The number of aryl methyl sites for hydroxylation is 1. The highest BCUT2D eigenvalue weighted by Gasteiger charge is 2.02. The summed E-state index contributed by atoms with van der Waals surface area (Å²) in [7, 11) is 0. The van der Waals surface area contributed by atoms with E-state index in [2.05, 4.69) is 10.2 Å². The zero-order chi connectivity index (χ0) is 13.8. The van der Waals surface area contributed by atoms with Crippen LogP contribution in [-0.2, 0) is 0 Å². The number of aromatic hydroxyl groups is 1. The largest absolute Gasteiger partial charge is 0.507 e. The Balaban J connectivity index is 2.32. The van der Waals surface area contributed by atoms with Gasteiger partial charge in [-0.3, -0.25) is 4.79 Å². The van der Waals surface area contributed by atoms with E-state index in [9.17, 15) is 9.90 Å². The molecule has 4 nitrogen and oxygen atoms in total. The first-order valence-electron chi connectivity index (χ1n) is 5.88. The Labute approximate surface area is 111 Å². The summed E-state index contributed by atoms with van der Waals surface area (Å²) in [6.07, 6.45) is 0.590. The van der Waals surface area contributed by atoms with Gasteiger partial charge in [-0.1, -0.05) is 12.1 Å². The van der Waals surface area contributed by atoms with Crippen LogP contribution in [0.15, 0.2) is 46.6 Å². The van der Waals surface area contributed by atoms with E-state index in [0.717, 1.165) is 16.8 Å². The number of rotatable bonds is 3. The second kappa shape index (κ2) is 5.44. The van der Waals surface area contributed by atoms with Gasteiger partial charge in [-0.05, 0) is 49.2 Å². The molecule has 0 amide bonds. The molecule has 2 aromatic rings. The first kappa shape index (κ1) is 13.0. The third-order valence-corrected chi connectivity index (χ3v) is 2.99. The highest BCUT2D eigenvalue weighted by atomic mass is 16.3. The van der Waals surface area contributed by atoms with Crippen LogP contribution in [0.4, 0.5) is 11.4 Å². The Kier molecular flexibility index (Phi) is 3.71. The van der Waals surface area contributed by atoms with Gasteiger partial charge in [-0.2, -0.15) is 10.2 Å². The molecule has 0 radical (unpaired) electrons. The molecule has 0 aliphatic heterocycles. The van der Waals surface area contributed by atoms with E-state index in [1.165, 1.54) is 12.1 Å². The van der Waals surface area contributed by atoms with Crippen molar-refractivity contribution < 1.29 is 9.90 Å². The van der Waals surface area contributed by atoms with Gasteiger partial charge in [-0.15, -0.1) is 0 Å². The smallest absolute Gasteiger partial charge is 0.153 e. The molecule has 0 fully saturated rings. The zero-order valence-electron chi connectivity index (χ0n) is 10.8. The topological polar surface area (TPSA) is 62.0 Å². The molecule has 0 spiro atoms. The van der Waals surface area contributed by atoms with E-state index >= 15 is 0 Å². The monoisotopic (exact) mass is 254 g/mol. The third kappa shape index (κ3) is 2.85. The Bertz CT molecular complexity index is 649. The quantitative estimate of drug-likeness (QED) is 0.657. The second-order valence-corrected chi connectivity index (χ2v) is 4.28. The molecule has 0 saturated carbocycles. The van der Waals surface area contributed by atoms with E-state index in [1.54, 1.807) is 6.07 Å². The van der Waals surface area contributed by atoms with Gasteiger partial charge in [0, 0.05) is 0 Å². The Morgan fingerprint density at radius 2 is 1.89 bits per heavy atom. The van der Waals surface area contributed by atoms with Crippen molar-refractivity contribution in [3.63, 3.8) is 0 Å². The number of hydrogen-bond donors (Lipinski definition) is 1. The molecule has 96 valence electrons. The maximum atomic E-state index is 10.7. The maximum absolute atomic E-state index is 10.7. The predicted octanol–water partition coefficient (Wildman–Crippen LogP) is 4.24. The van der Waals surface area contributed by atoms with Crippen molar-refractivity contribution in [2.24, 2.45) is 10.2 Å². The molecule has 1 N–H and O–H groups in total. The van der Waals surface area contributed by atoms with Crippen LogP contribution in [0.1, 0.15) is 21.5 Å². The summed E-state index contributed by atoms with van der Waals surface area (Å²) in [5, 5.41) is 17.6. The number of nitrogens with zero attached hydrogens (tertiary/aromatic N) is 2. The molecule has 2 aromatic carbocycles. The first-order chi connectivity index (χ1) is 9.11. The van der Waals surface area contributed by atoms with Gasteiger partial charge in [-0.25, -0.2) is 0 Å². The molecular weight excluding hydrogens is 240 g/mol. The number of aldehydes is 1. The van der Waals surface area contributed by atoms with Crippen molar-refractivity contribution in [1.82, 2.24) is 0 Å². The summed E-state index contributed by atoms with van der Waals surface area (Å²) in [6.45, 7) is 4.00. The lowest BCUT2D eigenvalue weighted by molar-refractivity contribution is 0.112. The number of hydrogen-bond acceptors (Lipinski definition) is 4.